The Morgan fingerprint density at radius 2 is 1.33 bits per heavy atom. The minimum Gasteiger partial charge on any atom is -0.460 e. The maximum absolute atomic E-state index is 13.4. The quantitative estimate of drug-likeness (QED) is 0.0161. The van der Waals surface area contributed by atoms with E-state index in [4.69, 9.17) is 55.2 Å². The molecule has 75 heavy (non-hydrogen) atoms. The second-order valence-electron chi connectivity index (χ2n) is 16.5. The number of esters is 8. The van der Waals surface area contributed by atoms with Crippen molar-refractivity contribution in [3.63, 3.8) is 0 Å². The Labute approximate surface area is 445 Å². The van der Waals surface area contributed by atoms with Gasteiger partial charge in [0.25, 0.3) is 0 Å². The Kier molecular flexibility index (Phi) is 27.1. The number of benzene rings is 2. The number of unbranched alkanes of at least 4 members (excludes halogenated alkanes) is 1. The monoisotopic (exact) mass is 1160 g/mol. The van der Waals surface area contributed by atoms with Gasteiger partial charge in [0.15, 0.2) is 6.29 Å². The number of alkyl halides is 1. The van der Waals surface area contributed by atoms with Crippen molar-refractivity contribution in [2.45, 2.75) is 90.4 Å². The molecule has 0 spiro atoms. The van der Waals surface area contributed by atoms with Gasteiger partial charge < -0.3 is 43.0 Å². The zero-order valence-corrected chi connectivity index (χ0v) is 44.4. The van der Waals surface area contributed by atoms with Gasteiger partial charge in [-0.3, -0.25) is 4.79 Å². The Morgan fingerprint density at radius 1 is 0.693 bits per heavy atom. The van der Waals surface area contributed by atoms with Crippen molar-refractivity contribution in [2.24, 2.45) is 11.8 Å². The minimum absolute atomic E-state index is 0.0366. The molecule has 21 nitrogen and oxygen atoms in total. The van der Waals surface area contributed by atoms with Gasteiger partial charge >= 0.3 is 186 Å². The van der Waals surface area contributed by atoms with E-state index < -0.39 is 100 Å². The Hall–Kier alpha value is -6.63. The van der Waals surface area contributed by atoms with Crippen molar-refractivity contribution in [3.8, 4) is 23.0 Å². The minimum atomic E-state index is -1.36. The van der Waals surface area contributed by atoms with E-state index in [-0.39, 0.29) is 80.2 Å². The molecule has 22 heteroatoms. The molecule has 4 rings (SSSR count). The first kappa shape index (κ1) is 60.9. The second-order valence-corrected chi connectivity index (χ2v) is 18.0. The summed E-state index contributed by atoms with van der Waals surface area (Å²) in [5, 5.41) is 11.2. The number of aliphatic hydroxyl groups is 1. The molecule has 1 fully saturated rings. The predicted molar refractivity (Wildman–Crippen MR) is 258 cm³/mol. The molecule has 2 atom stereocenters. The molecule has 0 aromatic heterocycles. The molecule has 2 aliphatic carbocycles. The SMILES string of the molecule is C=CC(=O)OCCCCOC1=CC=C(C(=O)Oc2ccc(OC(O)C3CCC(C(=O)Oc4ccc(OC(=O)CCC(=O)OCC(C)OC(=O)C=C)c(C(=O)OCCO[I-]C)c4)CC3)cc2C(=O)OCCOCC)CC1. The maximum atomic E-state index is 13.4. The molecule has 0 aliphatic heterocycles. The molecule has 2 aromatic rings. The van der Waals surface area contributed by atoms with E-state index in [1.165, 1.54) is 43.3 Å². The van der Waals surface area contributed by atoms with Gasteiger partial charge in [-0.05, 0) is 76.3 Å². The van der Waals surface area contributed by atoms with Gasteiger partial charge in [-0.25, -0.2) is 19.2 Å². The van der Waals surface area contributed by atoms with Gasteiger partial charge in [0.05, 0.1) is 25.6 Å². The number of hydrogen-bond acceptors (Lipinski definition) is 21. The van der Waals surface area contributed by atoms with Crippen LogP contribution in [0.3, 0.4) is 0 Å². The predicted octanol–water partition coefficient (Wildman–Crippen LogP) is 3.18. The average molecular weight is 1160 g/mol. The van der Waals surface area contributed by atoms with Crippen molar-refractivity contribution in [3.05, 3.63) is 96.3 Å². The first-order chi connectivity index (χ1) is 36.1. The van der Waals surface area contributed by atoms with Crippen LogP contribution >= 0.6 is 0 Å². The summed E-state index contributed by atoms with van der Waals surface area (Å²) in [4.78, 5) is 103. The summed E-state index contributed by atoms with van der Waals surface area (Å²) in [7, 11) is 0. The average Bonchev–Trinajstić information content (AvgIpc) is 3.41. The molecule has 410 valence electrons. The van der Waals surface area contributed by atoms with Crippen LogP contribution in [-0.4, -0.2) is 123 Å². The summed E-state index contributed by atoms with van der Waals surface area (Å²) >= 11 is -0.527. The number of halogens is 1. The van der Waals surface area contributed by atoms with Gasteiger partial charge in [0, 0.05) is 36.7 Å². The third-order valence-electron chi connectivity index (χ3n) is 11.0. The van der Waals surface area contributed by atoms with Gasteiger partial charge in [0.2, 0.25) is 0 Å². The van der Waals surface area contributed by atoms with E-state index in [9.17, 15) is 43.5 Å². The van der Waals surface area contributed by atoms with Crippen LogP contribution in [0, 0.1) is 11.8 Å². The van der Waals surface area contributed by atoms with Crippen LogP contribution in [0.2, 0.25) is 0 Å². The molecule has 2 aromatic carbocycles. The van der Waals surface area contributed by atoms with Crippen molar-refractivity contribution in [1.29, 1.82) is 0 Å². The third-order valence-corrected chi connectivity index (χ3v) is 12.1. The zero-order valence-electron chi connectivity index (χ0n) is 42.2. The number of aliphatic hydroxyl groups excluding tert-OH is 1. The number of hydrogen-bond donors (Lipinski definition) is 1. The first-order valence-corrected chi connectivity index (χ1v) is 27.3. The van der Waals surface area contributed by atoms with E-state index in [2.05, 4.69) is 13.2 Å². The van der Waals surface area contributed by atoms with Gasteiger partial charge in [0.1, 0.15) is 36.4 Å². The molecule has 2 aliphatic rings. The molecule has 0 amide bonds. The van der Waals surface area contributed by atoms with Gasteiger partial charge in [-0.15, -0.1) is 0 Å². The van der Waals surface area contributed by atoms with Crippen molar-refractivity contribution in [2.75, 3.05) is 57.8 Å². The number of allylic oxidation sites excluding steroid dienone is 3. The standard InChI is InChI=1S/C53H64IO21/c1-6-45(55)66-26-10-9-25-65-38-17-15-37(16-18-38)51(61)75-44-22-20-40(32-42(44)53(63)67-28-27-64-8-3)73-50(60)36-13-11-35(12-14-36)49(59)72-39-19-21-43(41(31-39)52(62)68-29-30-70-54-5)74-48(58)24-23-47(57)69-33-34(4)71-46(56)7-2/h6-7,15,17,19-22,31-32,34-36,50,60H,1-2,8-14,16,18,23-30,33H2,3-5H3/q-1. The fraction of sp³-hybridized carbons (Fsp3) is 0.472. The van der Waals surface area contributed by atoms with Gasteiger partial charge in [-0.1, -0.05) is 13.2 Å². The van der Waals surface area contributed by atoms with Crippen LogP contribution in [-0.2, 0) is 65.0 Å². The topological polar surface area (TPSA) is 268 Å². The van der Waals surface area contributed by atoms with Crippen LogP contribution in [0.5, 0.6) is 23.0 Å². The number of carbonyl (C=O) groups excluding carboxylic acids is 8. The van der Waals surface area contributed by atoms with Crippen LogP contribution in [0.1, 0.15) is 98.8 Å². The number of carbonyl (C=O) groups is 8. The molecule has 0 saturated heterocycles. The summed E-state index contributed by atoms with van der Waals surface area (Å²) in [6.45, 7) is 10.9. The number of rotatable bonds is 32. The van der Waals surface area contributed by atoms with Crippen molar-refractivity contribution in [1.82, 2.24) is 0 Å². The molecule has 0 radical (unpaired) electrons. The Balaban J connectivity index is 1.34. The van der Waals surface area contributed by atoms with Crippen LogP contribution in [0.15, 0.2) is 85.2 Å². The fourth-order valence-electron chi connectivity index (χ4n) is 7.12. The molecule has 1 N–H and O–H groups in total. The molecular weight excluding hydrogens is 1100 g/mol. The van der Waals surface area contributed by atoms with E-state index in [0.29, 0.717) is 75.9 Å². The molecule has 0 bridgehead atoms. The Bertz CT molecular complexity index is 2370. The summed E-state index contributed by atoms with van der Waals surface area (Å²) in [6, 6.07) is 7.90. The summed E-state index contributed by atoms with van der Waals surface area (Å²) in [5.74, 6) is -6.43. The van der Waals surface area contributed by atoms with E-state index in [1.807, 2.05) is 4.93 Å². The normalized spacial score (nSPS) is 15.8. The van der Waals surface area contributed by atoms with Crippen LogP contribution in [0.25, 0.3) is 0 Å². The summed E-state index contributed by atoms with van der Waals surface area (Å²) < 4.78 is 64.7. The third kappa shape index (κ3) is 22.0. The first-order valence-electron chi connectivity index (χ1n) is 24.3. The van der Waals surface area contributed by atoms with Crippen LogP contribution in [0.4, 0.5) is 0 Å². The van der Waals surface area contributed by atoms with Crippen molar-refractivity contribution < 1.29 is 120 Å². The van der Waals surface area contributed by atoms with E-state index in [1.54, 1.807) is 19.1 Å². The molecular formula is C53H64IO21-. The number of ether oxygens (including phenoxy) is 11. The summed E-state index contributed by atoms with van der Waals surface area (Å²) in [6.07, 6.45) is 5.71. The van der Waals surface area contributed by atoms with Crippen molar-refractivity contribution >= 4 is 47.8 Å². The fourth-order valence-corrected chi connectivity index (χ4v) is 7.74. The van der Waals surface area contributed by atoms with E-state index >= 15 is 0 Å². The van der Waals surface area contributed by atoms with E-state index in [0.717, 1.165) is 12.2 Å². The molecule has 0 heterocycles. The van der Waals surface area contributed by atoms with Crippen LogP contribution < -0.4 is 40.6 Å². The molecule has 2 unspecified atom stereocenters. The van der Waals surface area contributed by atoms with Gasteiger partial charge in [-0.2, -0.15) is 0 Å². The molecule has 1 saturated carbocycles. The summed E-state index contributed by atoms with van der Waals surface area (Å²) in [5.41, 5.74) is -0.0160. The Morgan fingerprint density at radius 3 is 1.99 bits per heavy atom. The second kappa shape index (κ2) is 33.3. The smallest absolute Gasteiger partial charge is 0.460 e. The zero-order chi connectivity index (χ0) is 54.5.